The number of rotatable bonds is 3. The SMILES string of the molecule is O=c1[nH]c(SCc2c(Cl)ccnc2Cl)nc2c1CCCCC2. The highest BCUT2D eigenvalue weighted by molar-refractivity contribution is 7.98. The van der Waals surface area contributed by atoms with Crippen LogP contribution in [0.4, 0.5) is 0 Å². The Kier molecular flexibility index (Phi) is 5.06. The van der Waals surface area contributed by atoms with Crippen molar-refractivity contribution in [1.29, 1.82) is 0 Å². The van der Waals surface area contributed by atoms with E-state index in [1.165, 1.54) is 11.8 Å². The predicted molar refractivity (Wildman–Crippen MR) is 89.9 cm³/mol. The number of aromatic amines is 1. The zero-order valence-electron chi connectivity index (χ0n) is 11.9. The number of hydrogen-bond acceptors (Lipinski definition) is 4. The predicted octanol–water partition coefficient (Wildman–Crippen LogP) is 4.03. The highest BCUT2D eigenvalue weighted by Crippen LogP contribution is 2.29. The van der Waals surface area contributed by atoms with E-state index in [1.54, 1.807) is 12.3 Å². The van der Waals surface area contributed by atoms with Crippen molar-refractivity contribution in [3.8, 4) is 0 Å². The first-order valence-electron chi connectivity index (χ1n) is 7.19. The van der Waals surface area contributed by atoms with Gasteiger partial charge in [-0.3, -0.25) is 4.79 Å². The zero-order valence-corrected chi connectivity index (χ0v) is 14.2. The Morgan fingerprint density at radius 2 is 2.05 bits per heavy atom. The van der Waals surface area contributed by atoms with Crippen LogP contribution in [0.15, 0.2) is 22.2 Å². The normalized spacial score (nSPS) is 14.5. The first kappa shape index (κ1) is 15.8. The third-order valence-electron chi connectivity index (χ3n) is 3.72. The minimum atomic E-state index is -0.0159. The summed E-state index contributed by atoms with van der Waals surface area (Å²) in [4.78, 5) is 23.7. The van der Waals surface area contributed by atoms with Gasteiger partial charge in [-0.05, 0) is 31.7 Å². The molecule has 2 aromatic rings. The molecule has 0 radical (unpaired) electrons. The van der Waals surface area contributed by atoms with Crippen molar-refractivity contribution in [2.45, 2.75) is 43.0 Å². The molecule has 2 aromatic heterocycles. The van der Waals surface area contributed by atoms with Crippen LogP contribution in [0.3, 0.4) is 0 Å². The molecule has 1 aliphatic carbocycles. The highest BCUT2D eigenvalue weighted by atomic mass is 35.5. The van der Waals surface area contributed by atoms with Crippen LogP contribution in [0.5, 0.6) is 0 Å². The van der Waals surface area contributed by atoms with E-state index in [-0.39, 0.29) is 5.56 Å². The summed E-state index contributed by atoms with van der Waals surface area (Å²) in [5.74, 6) is 0.521. The van der Waals surface area contributed by atoms with Gasteiger partial charge in [0.15, 0.2) is 5.16 Å². The van der Waals surface area contributed by atoms with E-state index in [0.717, 1.165) is 48.9 Å². The Balaban J connectivity index is 1.83. The summed E-state index contributed by atoms with van der Waals surface area (Å²) in [5.41, 5.74) is 2.53. The lowest BCUT2D eigenvalue weighted by Gasteiger charge is -2.08. The quantitative estimate of drug-likeness (QED) is 0.390. The van der Waals surface area contributed by atoms with Crippen LogP contribution in [0.25, 0.3) is 0 Å². The fourth-order valence-electron chi connectivity index (χ4n) is 2.54. The maximum Gasteiger partial charge on any atom is 0.254 e. The smallest absolute Gasteiger partial charge is 0.254 e. The topological polar surface area (TPSA) is 58.6 Å². The maximum absolute atomic E-state index is 12.2. The van der Waals surface area contributed by atoms with Crippen LogP contribution in [-0.4, -0.2) is 15.0 Å². The second-order valence-electron chi connectivity index (χ2n) is 5.21. The monoisotopic (exact) mass is 355 g/mol. The minimum Gasteiger partial charge on any atom is -0.301 e. The number of fused-ring (bicyclic) bond motifs is 1. The molecule has 116 valence electrons. The molecular formula is C15H15Cl2N3OS. The molecule has 1 N–H and O–H groups in total. The van der Waals surface area contributed by atoms with Crippen LogP contribution >= 0.6 is 35.0 Å². The summed E-state index contributed by atoms with van der Waals surface area (Å²) in [6.07, 6.45) is 6.57. The van der Waals surface area contributed by atoms with Gasteiger partial charge < -0.3 is 4.98 Å². The van der Waals surface area contributed by atoms with Crippen molar-refractivity contribution in [3.05, 3.63) is 49.6 Å². The molecular weight excluding hydrogens is 341 g/mol. The first-order valence-corrected chi connectivity index (χ1v) is 8.93. The second-order valence-corrected chi connectivity index (χ2v) is 6.94. The van der Waals surface area contributed by atoms with Crippen molar-refractivity contribution in [1.82, 2.24) is 15.0 Å². The van der Waals surface area contributed by atoms with Crippen LogP contribution in [-0.2, 0) is 18.6 Å². The van der Waals surface area contributed by atoms with Gasteiger partial charge in [-0.2, -0.15) is 0 Å². The van der Waals surface area contributed by atoms with Gasteiger partial charge in [0, 0.05) is 28.1 Å². The van der Waals surface area contributed by atoms with Gasteiger partial charge in [-0.15, -0.1) is 0 Å². The Morgan fingerprint density at radius 1 is 1.23 bits per heavy atom. The number of aryl methyl sites for hydroxylation is 1. The molecule has 0 saturated heterocycles. The minimum absolute atomic E-state index is 0.0159. The van der Waals surface area contributed by atoms with Crippen LogP contribution in [0.2, 0.25) is 10.2 Å². The summed E-state index contributed by atoms with van der Waals surface area (Å²) >= 11 is 13.6. The summed E-state index contributed by atoms with van der Waals surface area (Å²) in [6.45, 7) is 0. The number of H-pyrrole nitrogens is 1. The van der Waals surface area contributed by atoms with E-state index in [4.69, 9.17) is 23.2 Å². The summed E-state index contributed by atoms with van der Waals surface area (Å²) < 4.78 is 0. The fraction of sp³-hybridized carbons (Fsp3) is 0.400. The standard InChI is InChI=1S/C15H15Cl2N3OS/c16-11-6-7-18-13(17)10(11)8-22-15-19-12-5-3-1-2-4-9(12)14(21)20-15/h6-7H,1-5,8H2,(H,19,20,21). The van der Waals surface area contributed by atoms with E-state index >= 15 is 0 Å². The molecule has 22 heavy (non-hydrogen) atoms. The summed E-state index contributed by atoms with van der Waals surface area (Å²) in [5, 5.41) is 1.57. The Bertz CT molecular complexity index is 728. The summed E-state index contributed by atoms with van der Waals surface area (Å²) in [6, 6.07) is 1.70. The number of hydrogen-bond donors (Lipinski definition) is 1. The number of thioether (sulfide) groups is 1. The molecule has 4 nitrogen and oxygen atoms in total. The first-order chi connectivity index (χ1) is 10.6. The van der Waals surface area contributed by atoms with E-state index in [9.17, 15) is 4.79 Å². The zero-order chi connectivity index (χ0) is 15.5. The lowest BCUT2D eigenvalue weighted by atomic mass is 10.1. The van der Waals surface area contributed by atoms with Crippen LogP contribution in [0.1, 0.15) is 36.1 Å². The molecule has 0 aromatic carbocycles. The fourth-order valence-corrected chi connectivity index (χ4v) is 4.10. The molecule has 0 unspecified atom stereocenters. The van der Waals surface area contributed by atoms with Crippen molar-refractivity contribution >= 4 is 35.0 Å². The number of nitrogens with one attached hydrogen (secondary N) is 1. The third-order valence-corrected chi connectivity index (χ3v) is 5.30. The average Bonchev–Trinajstić information content (AvgIpc) is 2.72. The van der Waals surface area contributed by atoms with Gasteiger partial charge >= 0.3 is 0 Å². The van der Waals surface area contributed by atoms with Crippen LogP contribution < -0.4 is 5.56 Å². The van der Waals surface area contributed by atoms with E-state index in [0.29, 0.717) is 21.1 Å². The van der Waals surface area contributed by atoms with E-state index < -0.39 is 0 Å². The average molecular weight is 356 g/mol. The van der Waals surface area contributed by atoms with Crippen molar-refractivity contribution in [3.63, 3.8) is 0 Å². The molecule has 0 amide bonds. The van der Waals surface area contributed by atoms with Gasteiger partial charge in [0.2, 0.25) is 0 Å². The Morgan fingerprint density at radius 3 is 2.86 bits per heavy atom. The third kappa shape index (κ3) is 3.47. The molecule has 2 heterocycles. The molecule has 0 fully saturated rings. The van der Waals surface area contributed by atoms with E-state index in [1.807, 2.05) is 0 Å². The lowest BCUT2D eigenvalue weighted by Crippen LogP contribution is -2.17. The van der Waals surface area contributed by atoms with Crippen LogP contribution in [0, 0.1) is 0 Å². The van der Waals surface area contributed by atoms with E-state index in [2.05, 4.69) is 15.0 Å². The molecule has 0 spiro atoms. The molecule has 7 heteroatoms. The van der Waals surface area contributed by atoms with Gasteiger partial charge in [-0.1, -0.05) is 41.4 Å². The number of pyridine rings is 1. The van der Waals surface area contributed by atoms with Gasteiger partial charge in [0.25, 0.3) is 5.56 Å². The largest absolute Gasteiger partial charge is 0.301 e. The molecule has 0 bridgehead atoms. The maximum atomic E-state index is 12.2. The molecule has 3 rings (SSSR count). The Labute approximate surface area is 142 Å². The molecule has 0 saturated carbocycles. The van der Waals surface area contributed by atoms with Gasteiger partial charge in [0.05, 0.1) is 5.69 Å². The molecule has 0 aliphatic heterocycles. The number of aromatic nitrogens is 3. The van der Waals surface area contributed by atoms with Crippen molar-refractivity contribution in [2.24, 2.45) is 0 Å². The number of nitrogens with zero attached hydrogens (tertiary/aromatic N) is 2. The lowest BCUT2D eigenvalue weighted by molar-refractivity contribution is 0.707. The molecule has 0 atom stereocenters. The van der Waals surface area contributed by atoms with Crippen molar-refractivity contribution < 1.29 is 0 Å². The second kappa shape index (κ2) is 7.02. The molecule has 1 aliphatic rings. The summed E-state index contributed by atoms with van der Waals surface area (Å²) in [7, 11) is 0. The van der Waals surface area contributed by atoms with Gasteiger partial charge in [-0.25, -0.2) is 9.97 Å². The highest BCUT2D eigenvalue weighted by Gasteiger charge is 2.15. The van der Waals surface area contributed by atoms with Gasteiger partial charge in [0.1, 0.15) is 5.15 Å². The number of halogens is 2. The van der Waals surface area contributed by atoms with Crippen molar-refractivity contribution in [2.75, 3.05) is 0 Å². The Hall–Kier alpha value is -1.04.